The molecule has 0 N–H and O–H groups in total. The van der Waals surface area contributed by atoms with Crippen molar-refractivity contribution in [3.63, 3.8) is 0 Å². The summed E-state index contributed by atoms with van der Waals surface area (Å²) in [7, 11) is 0. The molecule has 2 aromatic rings. The van der Waals surface area contributed by atoms with Crippen LogP contribution in [0.1, 0.15) is 41.0 Å². The lowest BCUT2D eigenvalue weighted by atomic mass is 9.96. The van der Waals surface area contributed by atoms with Gasteiger partial charge in [-0.2, -0.15) is 5.10 Å². The first-order valence-corrected chi connectivity index (χ1v) is 9.55. The summed E-state index contributed by atoms with van der Waals surface area (Å²) in [6.45, 7) is 7.15. The number of likely N-dealkylation sites (tertiary alicyclic amines) is 1. The maximum atomic E-state index is 12.7. The van der Waals surface area contributed by atoms with E-state index in [0.717, 1.165) is 31.5 Å². The van der Waals surface area contributed by atoms with Crippen molar-refractivity contribution in [2.75, 3.05) is 19.7 Å². The average Bonchev–Trinajstić information content (AvgIpc) is 3.13. The summed E-state index contributed by atoms with van der Waals surface area (Å²) in [6.07, 6.45) is 4.29. The molecule has 27 heavy (non-hydrogen) atoms. The van der Waals surface area contributed by atoms with Gasteiger partial charge in [-0.05, 0) is 32.6 Å². The van der Waals surface area contributed by atoms with E-state index in [4.69, 9.17) is 4.74 Å². The van der Waals surface area contributed by atoms with E-state index in [9.17, 15) is 9.59 Å². The number of fused-ring (bicyclic) bond motifs is 1. The number of amides is 1. The van der Waals surface area contributed by atoms with Crippen molar-refractivity contribution in [1.29, 1.82) is 0 Å². The van der Waals surface area contributed by atoms with E-state index in [0.29, 0.717) is 49.3 Å². The largest absolute Gasteiger partial charge is 0.478 e. The molecule has 2 aliphatic rings. The number of aromatic nitrogens is 4. The van der Waals surface area contributed by atoms with Crippen molar-refractivity contribution in [3.8, 4) is 5.88 Å². The van der Waals surface area contributed by atoms with E-state index >= 15 is 0 Å². The smallest absolute Gasteiger partial charge is 0.274 e. The third kappa shape index (κ3) is 3.48. The fourth-order valence-corrected chi connectivity index (χ4v) is 3.74. The number of carbonyl (C=O) groups excluding carboxylic acids is 1. The Morgan fingerprint density at radius 3 is 2.78 bits per heavy atom. The van der Waals surface area contributed by atoms with Crippen molar-refractivity contribution < 1.29 is 9.53 Å². The molecule has 0 aromatic carbocycles. The van der Waals surface area contributed by atoms with Crippen LogP contribution in [0.15, 0.2) is 17.2 Å². The Hall–Kier alpha value is -2.64. The molecule has 8 nitrogen and oxygen atoms in total. The zero-order valence-corrected chi connectivity index (χ0v) is 15.8. The Labute approximate surface area is 157 Å². The number of hydrogen-bond acceptors (Lipinski definition) is 5. The molecule has 0 saturated carbocycles. The fraction of sp³-hybridized carbons (Fsp3) is 0.579. The van der Waals surface area contributed by atoms with E-state index in [1.54, 1.807) is 21.6 Å². The van der Waals surface area contributed by atoms with Gasteiger partial charge in [-0.25, -0.2) is 9.67 Å². The van der Waals surface area contributed by atoms with Gasteiger partial charge in [0.1, 0.15) is 0 Å². The molecule has 2 aliphatic heterocycles. The maximum absolute atomic E-state index is 12.7. The first-order chi connectivity index (χ1) is 13.0. The SMILES string of the molecule is Cc1ncn(CC2CCN(C(=O)c3cc4n(n3)CCCO4)CC2)c(=O)c1C. The Morgan fingerprint density at radius 1 is 1.26 bits per heavy atom. The van der Waals surface area contributed by atoms with Gasteiger partial charge in [0, 0.05) is 49.9 Å². The fourth-order valence-electron chi connectivity index (χ4n) is 3.74. The van der Waals surface area contributed by atoms with Gasteiger partial charge in [-0.1, -0.05) is 0 Å². The maximum Gasteiger partial charge on any atom is 0.274 e. The quantitative estimate of drug-likeness (QED) is 0.814. The average molecular weight is 371 g/mol. The number of aryl methyl sites for hydroxylation is 2. The zero-order valence-electron chi connectivity index (χ0n) is 15.8. The molecular formula is C19H25N5O3. The molecular weight excluding hydrogens is 346 g/mol. The molecule has 0 radical (unpaired) electrons. The van der Waals surface area contributed by atoms with Gasteiger partial charge in [-0.15, -0.1) is 0 Å². The van der Waals surface area contributed by atoms with Gasteiger partial charge < -0.3 is 9.64 Å². The predicted octanol–water partition coefficient (Wildman–Crippen LogP) is 1.39. The number of carbonyl (C=O) groups is 1. The van der Waals surface area contributed by atoms with Crippen LogP contribution in [0.3, 0.4) is 0 Å². The van der Waals surface area contributed by atoms with Crippen molar-refractivity contribution in [1.82, 2.24) is 24.2 Å². The van der Waals surface area contributed by atoms with E-state index in [1.165, 1.54) is 0 Å². The lowest BCUT2D eigenvalue weighted by molar-refractivity contribution is 0.0675. The topological polar surface area (TPSA) is 82.2 Å². The van der Waals surface area contributed by atoms with Crippen LogP contribution in [-0.4, -0.2) is 49.8 Å². The summed E-state index contributed by atoms with van der Waals surface area (Å²) < 4.78 is 9.01. The van der Waals surface area contributed by atoms with Gasteiger partial charge in [0.05, 0.1) is 12.9 Å². The van der Waals surface area contributed by atoms with Gasteiger partial charge >= 0.3 is 0 Å². The normalized spacial score (nSPS) is 17.5. The molecule has 4 rings (SSSR count). The van der Waals surface area contributed by atoms with Crippen LogP contribution < -0.4 is 10.3 Å². The molecule has 0 aliphatic carbocycles. The van der Waals surface area contributed by atoms with Crippen molar-refractivity contribution >= 4 is 5.91 Å². The molecule has 4 heterocycles. The molecule has 1 fully saturated rings. The molecule has 2 aromatic heterocycles. The van der Waals surface area contributed by atoms with E-state index in [2.05, 4.69) is 10.1 Å². The molecule has 1 amide bonds. The Bertz CT molecular complexity index is 885. The number of rotatable bonds is 3. The second-order valence-corrected chi connectivity index (χ2v) is 7.44. The zero-order chi connectivity index (χ0) is 19.0. The molecule has 0 spiro atoms. The molecule has 0 bridgehead atoms. The van der Waals surface area contributed by atoms with Gasteiger partial charge in [0.15, 0.2) is 5.69 Å². The monoisotopic (exact) mass is 371 g/mol. The first-order valence-electron chi connectivity index (χ1n) is 9.55. The Morgan fingerprint density at radius 2 is 2.04 bits per heavy atom. The van der Waals surface area contributed by atoms with Crippen LogP contribution in [0.5, 0.6) is 5.88 Å². The van der Waals surface area contributed by atoms with Crippen molar-refractivity contribution in [2.24, 2.45) is 5.92 Å². The van der Waals surface area contributed by atoms with Gasteiger partial charge in [-0.3, -0.25) is 14.2 Å². The Kier molecular flexibility index (Phi) is 4.72. The van der Waals surface area contributed by atoms with Crippen LogP contribution in [0.2, 0.25) is 0 Å². The number of piperidine rings is 1. The summed E-state index contributed by atoms with van der Waals surface area (Å²) >= 11 is 0. The first kappa shape index (κ1) is 17.8. The molecule has 8 heteroatoms. The minimum Gasteiger partial charge on any atom is -0.478 e. The minimum absolute atomic E-state index is 0.0320. The lowest BCUT2D eigenvalue weighted by Crippen LogP contribution is -2.40. The van der Waals surface area contributed by atoms with Crippen molar-refractivity contribution in [2.45, 2.75) is 46.2 Å². The molecule has 0 unspecified atom stereocenters. The van der Waals surface area contributed by atoms with E-state index in [1.807, 2.05) is 18.7 Å². The highest BCUT2D eigenvalue weighted by atomic mass is 16.5. The summed E-state index contributed by atoms with van der Waals surface area (Å²) in [5, 5.41) is 4.39. The molecule has 144 valence electrons. The standard InChI is InChI=1S/C19H25N5O3/c1-13-14(2)20-12-23(18(13)25)11-15-4-7-22(8-5-15)19(26)16-10-17-24(21-16)6-3-9-27-17/h10,12,15H,3-9,11H2,1-2H3. The third-order valence-corrected chi connectivity index (χ3v) is 5.60. The summed E-state index contributed by atoms with van der Waals surface area (Å²) in [6, 6.07) is 1.74. The second kappa shape index (κ2) is 7.17. The van der Waals surface area contributed by atoms with Crippen LogP contribution in [0.25, 0.3) is 0 Å². The van der Waals surface area contributed by atoms with E-state index < -0.39 is 0 Å². The number of hydrogen-bond donors (Lipinski definition) is 0. The third-order valence-electron chi connectivity index (χ3n) is 5.60. The van der Waals surface area contributed by atoms with Crippen LogP contribution in [0.4, 0.5) is 0 Å². The Balaban J connectivity index is 1.37. The summed E-state index contributed by atoms with van der Waals surface area (Å²) in [5.41, 5.74) is 1.98. The van der Waals surface area contributed by atoms with Gasteiger partial charge in [0.25, 0.3) is 11.5 Å². The minimum atomic E-state index is -0.0380. The number of nitrogens with zero attached hydrogens (tertiary/aromatic N) is 5. The van der Waals surface area contributed by atoms with Gasteiger partial charge in [0.2, 0.25) is 5.88 Å². The summed E-state index contributed by atoms with van der Waals surface area (Å²) in [4.78, 5) is 31.3. The molecule has 1 saturated heterocycles. The second-order valence-electron chi connectivity index (χ2n) is 7.44. The van der Waals surface area contributed by atoms with Crippen molar-refractivity contribution in [3.05, 3.63) is 39.7 Å². The lowest BCUT2D eigenvalue weighted by Gasteiger charge is -2.31. The molecule has 0 atom stereocenters. The van der Waals surface area contributed by atoms with Crippen LogP contribution >= 0.6 is 0 Å². The highest BCUT2D eigenvalue weighted by molar-refractivity contribution is 5.92. The van der Waals surface area contributed by atoms with E-state index in [-0.39, 0.29) is 11.5 Å². The van der Waals surface area contributed by atoms with Crippen LogP contribution in [0, 0.1) is 19.8 Å². The summed E-state index contributed by atoms with van der Waals surface area (Å²) in [5.74, 6) is 1.01. The predicted molar refractivity (Wildman–Crippen MR) is 98.9 cm³/mol. The highest BCUT2D eigenvalue weighted by Gasteiger charge is 2.27. The van der Waals surface area contributed by atoms with Crippen LogP contribution in [-0.2, 0) is 13.1 Å². The number of ether oxygens (including phenoxy) is 1. The highest BCUT2D eigenvalue weighted by Crippen LogP contribution is 2.23.